The summed E-state index contributed by atoms with van der Waals surface area (Å²) in [4.78, 5) is 30.8. The minimum absolute atomic E-state index is 0.120. The molecule has 0 atom stereocenters. The van der Waals surface area contributed by atoms with Gasteiger partial charge < -0.3 is 18.9 Å². The number of carbonyl (C=O) groups excluding carboxylic acids is 2. The number of hydrogen-bond acceptors (Lipinski definition) is 7. The van der Waals surface area contributed by atoms with Crippen LogP contribution >= 0.6 is 0 Å². The van der Waals surface area contributed by atoms with Gasteiger partial charge in [0.25, 0.3) is 11.8 Å². The third-order valence-electron chi connectivity index (χ3n) is 5.56. The van der Waals surface area contributed by atoms with E-state index in [4.69, 9.17) is 14.0 Å². The van der Waals surface area contributed by atoms with Gasteiger partial charge in [0, 0.05) is 31.5 Å². The van der Waals surface area contributed by atoms with Gasteiger partial charge in [-0.05, 0) is 12.1 Å². The average Bonchev–Trinajstić information content (AvgIpc) is 3.42. The van der Waals surface area contributed by atoms with Crippen LogP contribution in [0.3, 0.4) is 0 Å². The van der Waals surface area contributed by atoms with Crippen molar-refractivity contribution in [3.63, 3.8) is 0 Å². The van der Waals surface area contributed by atoms with Crippen molar-refractivity contribution in [2.24, 2.45) is 0 Å². The highest BCUT2D eigenvalue weighted by atomic mass is 16.8. The number of piperidine rings is 1. The number of amides is 1. The normalized spacial score (nSPS) is 17.6. The number of ether oxygens (including phenoxy) is 2. The second kappa shape index (κ2) is 7.29. The lowest BCUT2D eigenvalue weighted by Gasteiger charge is -2.36. The van der Waals surface area contributed by atoms with Crippen LogP contribution in [0.1, 0.15) is 23.2 Å². The number of likely N-dealkylation sites (tertiary alicyclic amines) is 1. The van der Waals surface area contributed by atoms with Crippen molar-refractivity contribution in [1.29, 1.82) is 0 Å². The lowest BCUT2D eigenvalue weighted by atomic mass is 9.91. The molecular weight excluding hydrogens is 386 g/mol. The van der Waals surface area contributed by atoms with Gasteiger partial charge in [-0.25, -0.2) is 4.79 Å². The number of aromatic nitrogens is 2. The van der Waals surface area contributed by atoms with E-state index >= 15 is 0 Å². The average molecular weight is 405 g/mol. The molecule has 1 aromatic heterocycles. The van der Waals surface area contributed by atoms with Crippen molar-refractivity contribution >= 4 is 12.1 Å². The van der Waals surface area contributed by atoms with E-state index in [0.717, 1.165) is 5.56 Å². The maximum Gasteiger partial charge on any atom is 0.509 e. The minimum Gasteiger partial charge on any atom is -0.430 e. The zero-order chi connectivity index (χ0) is 20.6. The molecule has 5 rings (SSSR count). The fourth-order valence-corrected chi connectivity index (χ4v) is 3.85. The van der Waals surface area contributed by atoms with E-state index in [1.807, 2.05) is 42.5 Å². The van der Waals surface area contributed by atoms with Gasteiger partial charge in [0.15, 0.2) is 5.60 Å². The lowest BCUT2D eigenvalue weighted by molar-refractivity contribution is 0.00283. The Morgan fingerprint density at radius 3 is 2.47 bits per heavy atom. The Hall–Kier alpha value is -3.68. The summed E-state index contributed by atoms with van der Waals surface area (Å²) in [6.45, 7) is 1.19. The first-order valence-corrected chi connectivity index (χ1v) is 9.77. The second-order valence-corrected chi connectivity index (χ2v) is 7.45. The zero-order valence-electron chi connectivity index (χ0n) is 16.1. The molecule has 2 aromatic carbocycles. The van der Waals surface area contributed by atoms with Crippen LogP contribution in [0, 0.1) is 0 Å². The van der Waals surface area contributed by atoms with Crippen LogP contribution in [0.25, 0.3) is 22.8 Å². The Balaban J connectivity index is 1.37. The summed E-state index contributed by atoms with van der Waals surface area (Å²) in [6.07, 6.45) is 0.460. The molecule has 2 aliphatic heterocycles. The first kappa shape index (κ1) is 18.4. The molecule has 0 saturated carbocycles. The maximum absolute atomic E-state index is 13.2. The van der Waals surface area contributed by atoms with Crippen molar-refractivity contribution < 1.29 is 23.6 Å². The standard InChI is InChI=1S/C22H19N3O5/c26-20(25-12-10-22(11-13-25)14-28-21(27)29-22)17-9-5-4-8-16(17)19-23-18(24-30-19)15-6-2-1-3-7-15/h1-9H,10-14H2. The summed E-state index contributed by atoms with van der Waals surface area (Å²) in [5.41, 5.74) is 1.32. The fraction of sp³-hybridized carbons (Fsp3) is 0.273. The molecule has 3 heterocycles. The topological polar surface area (TPSA) is 94.8 Å². The predicted octanol–water partition coefficient (Wildman–Crippen LogP) is 3.55. The van der Waals surface area contributed by atoms with Crippen LogP contribution in [0.5, 0.6) is 0 Å². The molecule has 30 heavy (non-hydrogen) atoms. The van der Waals surface area contributed by atoms with Gasteiger partial charge in [0.2, 0.25) is 5.82 Å². The third-order valence-corrected chi connectivity index (χ3v) is 5.56. The monoisotopic (exact) mass is 405 g/mol. The van der Waals surface area contributed by atoms with Crippen LogP contribution in [-0.4, -0.2) is 52.4 Å². The molecular formula is C22H19N3O5. The highest BCUT2D eigenvalue weighted by Crippen LogP contribution is 2.33. The third kappa shape index (κ3) is 3.30. The molecule has 0 unspecified atom stereocenters. The molecule has 0 aliphatic carbocycles. The molecule has 2 saturated heterocycles. The molecule has 2 aliphatic rings. The zero-order valence-corrected chi connectivity index (χ0v) is 16.1. The van der Waals surface area contributed by atoms with E-state index in [9.17, 15) is 9.59 Å². The van der Waals surface area contributed by atoms with Crippen LogP contribution in [0.15, 0.2) is 59.1 Å². The Morgan fingerprint density at radius 2 is 1.73 bits per heavy atom. The summed E-state index contributed by atoms with van der Waals surface area (Å²) >= 11 is 0. The summed E-state index contributed by atoms with van der Waals surface area (Å²) < 4.78 is 15.7. The van der Waals surface area contributed by atoms with Crippen molar-refractivity contribution in [3.8, 4) is 22.8 Å². The molecule has 0 radical (unpaired) electrons. The summed E-state index contributed by atoms with van der Waals surface area (Å²) in [7, 11) is 0. The van der Waals surface area contributed by atoms with Gasteiger partial charge in [0.05, 0.1) is 11.1 Å². The second-order valence-electron chi connectivity index (χ2n) is 7.45. The van der Waals surface area contributed by atoms with E-state index in [1.54, 1.807) is 17.0 Å². The van der Waals surface area contributed by atoms with Crippen molar-refractivity contribution in [3.05, 3.63) is 60.2 Å². The molecule has 0 N–H and O–H groups in total. The number of hydrogen-bond donors (Lipinski definition) is 0. The highest BCUT2D eigenvalue weighted by Gasteiger charge is 2.45. The minimum atomic E-state index is -0.634. The van der Waals surface area contributed by atoms with Crippen molar-refractivity contribution in [1.82, 2.24) is 15.0 Å². The Morgan fingerprint density at radius 1 is 1.00 bits per heavy atom. The predicted molar refractivity (Wildman–Crippen MR) is 105 cm³/mol. The smallest absolute Gasteiger partial charge is 0.430 e. The van der Waals surface area contributed by atoms with Crippen molar-refractivity contribution in [2.45, 2.75) is 18.4 Å². The molecule has 1 spiro atoms. The van der Waals surface area contributed by atoms with E-state index in [-0.39, 0.29) is 12.5 Å². The number of cyclic esters (lactones) is 1. The molecule has 152 valence electrons. The van der Waals surface area contributed by atoms with Crippen molar-refractivity contribution in [2.75, 3.05) is 19.7 Å². The van der Waals surface area contributed by atoms with E-state index in [0.29, 0.717) is 48.8 Å². The van der Waals surface area contributed by atoms with Crippen LogP contribution < -0.4 is 0 Å². The Bertz CT molecular complexity index is 1090. The van der Waals surface area contributed by atoms with Gasteiger partial charge in [-0.3, -0.25) is 4.79 Å². The van der Waals surface area contributed by atoms with E-state index < -0.39 is 11.8 Å². The fourth-order valence-electron chi connectivity index (χ4n) is 3.85. The first-order valence-electron chi connectivity index (χ1n) is 9.77. The van der Waals surface area contributed by atoms with E-state index in [1.165, 1.54) is 0 Å². The number of benzene rings is 2. The van der Waals surface area contributed by atoms with Gasteiger partial charge in [-0.2, -0.15) is 4.98 Å². The molecule has 1 amide bonds. The summed E-state index contributed by atoms with van der Waals surface area (Å²) in [5.74, 6) is 0.644. The Labute approximate surface area is 172 Å². The summed E-state index contributed by atoms with van der Waals surface area (Å²) in [5, 5.41) is 4.06. The van der Waals surface area contributed by atoms with Gasteiger partial charge in [0.1, 0.15) is 6.61 Å². The molecule has 3 aromatic rings. The van der Waals surface area contributed by atoms with Crippen LogP contribution in [0.2, 0.25) is 0 Å². The van der Waals surface area contributed by atoms with Gasteiger partial charge in [-0.1, -0.05) is 47.6 Å². The van der Waals surface area contributed by atoms with Gasteiger partial charge >= 0.3 is 6.16 Å². The van der Waals surface area contributed by atoms with Crippen LogP contribution in [0.4, 0.5) is 4.79 Å². The van der Waals surface area contributed by atoms with E-state index in [2.05, 4.69) is 10.1 Å². The SMILES string of the molecule is O=C1OCC2(CCN(C(=O)c3ccccc3-c3nc(-c4ccccc4)no3)CC2)O1. The maximum atomic E-state index is 13.2. The summed E-state index contributed by atoms with van der Waals surface area (Å²) in [6, 6.07) is 16.7. The largest absolute Gasteiger partial charge is 0.509 e. The Kier molecular flexibility index (Phi) is 4.46. The number of rotatable bonds is 3. The number of carbonyl (C=O) groups is 2. The lowest BCUT2D eigenvalue weighted by Crippen LogP contribution is -2.48. The molecule has 0 bridgehead atoms. The van der Waals surface area contributed by atoms with Crippen LogP contribution in [-0.2, 0) is 9.47 Å². The molecule has 8 heteroatoms. The number of nitrogens with zero attached hydrogens (tertiary/aromatic N) is 3. The highest BCUT2D eigenvalue weighted by molar-refractivity contribution is 6.00. The quantitative estimate of drug-likeness (QED) is 0.615. The molecule has 2 fully saturated rings. The first-order chi connectivity index (χ1) is 14.6. The van der Waals surface area contributed by atoms with Gasteiger partial charge in [-0.15, -0.1) is 0 Å². The molecule has 8 nitrogen and oxygen atoms in total.